The van der Waals surface area contributed by atoms with Gasteiger partial charge in [-0.3, -0.25) is 4.79 Å². The number of nitrogens with zero attached hydrogens (tertiary/aromatic N) is 1. The van der Waals surface area contributed by atoms with Crippen LogP contribution in [0.25, 0.3) is 0 Å². The first-order valence-electron chi connectivity index (χ1n) is 5.98. The number of hydrogen-bond acceptors (Lipinski definition) is 3. The molecular formula is C13H18ClIN2O2. The van der Waals surface area contributed by atoms with Crippen molar-refractivity contribution in [2.24, 2.45) is 0 Å². The van der Waals surface area contributed by atoms with E-state index in [4.69, 9.17) is 4.74 Å². The highest BCUT2D eigenvalue weighted by Crippen LogP contribution is 2.21. The Morgan fingerprint density at radius 2 is 2.26 bits per heavy atom. The molecule has 1 N–H and O–H groups in total. The number of amides is 1. The van der Waals surface area contributed by atoms with E-state index in [1.807, 2.05) is 23.1 Å². The van der Waals surface area contributed by atoms with Gasteiger partial charge in [0, 0.05) is 29.2 Å². The number of nitrogens with one attached hydrogen (secondary N) is 1. The monoisotopic (exact) mass is 396 g/mol. The first-order chi connectivity index (χ1) is 8.61. The zero-order valence-corrected chi connectivity index (χ0v) is 14.0. The van der Waals surface area contributed by atoms with Crippen molar-refractivity contribution in [1.29, 1.82) is 0 Å². The van der Waals surface area contributed by atoms with Crippen LogP contribution in [0.1, 0.15) is 17.3 Å². The highest BCUT2D eigenvalue weighted by atomic mass is 127. The van der Waals surface area contributed by atoms with Gasteiger partial charge in [0.1, 0.15) is 5.75 Å². The fraction of sp³-hybridized carbons (Fsp3) is 0.462. The van der Waals surface area contributed by atoms with Crippen LogP contribution in [-0.4, -0.2) is 43.6 Å². The molecule has 1 amide bonds. The first kappa shape index (κ1) is 16.5. The summed E-state index contributed by atoms with van der Waals surface area (Å²) in [5.74, 6) is 0.889. The van der Waals surface area contributed by atoms with E-state index in [0.717, 1.165) is 34.5 Å². The lowest BCUT2D eigenvalue weighted by atomic mass is 10.1. The van der Waals surface area contributed by atoms with Gasteiger partial charge in [-0.15, -0.1) is 12.4 Å². The molecule has 1 aromatic carbocycles. The minimum absolute atomic E-state index is 0. The van der Waals surface area contributed by atoms with Crippen LogP contribution in [0.3, 0.4) is 0 Å². The van der Waals surface area contributed by atoms with Gasteiger partial charge in [0.25, 0.3) is 5.91 Å². The summed E-state index contributed by atoms with van der Waals surface area (Å²) in [6.45, 7) is 4.49. The summed E-state index contributed by atoms with van der Waals surface area (Å²) in [7, 11) is 1.63. The van der Waals surface area contributed by atoms with E-state index in [2.05, 4.69) is 34.8 Å². The van der Waals surface area contributed by atoms with Gasteiger partial charge in [0.15, 0.2) is 0 Å². The van der Waals surface area contributed by atoms with Crippen LogP contribution < -0.4 is 10.1 Å². The normalized spacial score (nSPS) is 18.7. The molecule has 106 valence electrons. The Morgan fingerprint density at radius 1 is 1.53 bits per heavy atom. The van der Waals surface area contributed by atoms with Gasteiger partial charge in [0.05, 0.1) is 12.7 Å². The summed E-state index contributed by atoms with van der Waals surface area (Å²) < 4.78 is 6.09. The summed E-state index contributed by atoms with van der Waals surface area (Å²) >= 11 is 2.18. The van der Waals surface area contributed by atoms with E-state index in [-0.39, 0.29) is 18.3 Å². The van der Waals surface area contributed by atoms with Gasteiger partial charge in [-0.25, -0.2) is 0 Å². The van der Waals surface area contributed by atoms with E-state index < -0.39 is 0 Å². The molecule has 1 saturated heterocycles. The third kappa shape index (κ3) is 3.97. The summed E-state index contributed by atoms with van der Waals surface area (Å²) in [5, 5.41) is 3.34. The Labute approximate surface area is 133 Å². The fourth-order valence-electron chi connectivity index (χ4n) is 2.08. The molecule has 0 bridgehead atoms. The zero-order chi connectivity index (χ0) is 13.1. The molecule has 1 aromatic rings. The lowest BCUT2D eigenvalue weighted by Gasteiger charge is -2.32. The van der Waals surface area contributed by atoms with Crippen molar-refractivity contribution in [3.8, 4) is 5.75 Å². The van der Waals surface area contributed by atoms with Crippen LogP contribution in [0.5, 0.6) is 5.75 Å². The maximum Gasteiger partial charge on any atom is 0.255 e. The Kier molecular flexibility index (Phi) is 6.35. The Balaban J connectivity index is 0.00000180. The summed E-state index contributed by atoms with van der Waals surface area (Å²) in [6.07, 6.45) is 0. The van der Waals surface area contributed by atoms with Crippen molar-refractivity contribution in [3.63, 3.8) is 0 Å². The molecule has 2 rings (SSSR count). The van der Waals surface area contributed by atoms with Gasteiger partial charge < -0.3 is 15.0 Å². The topological polar surface area (TPSA) is 41.6 Å². The second kappa shape index (κ2) is 7.31. The van der Waals surface area contributed by atoms with E-state index >= 15 is 0 Å². The van der Waals surface area contributed by atoms with Gasteiger partial charge in [-0.2, -0.15) is 0 Å². The molecule has 4 nitrogen and oxygen atoms in total. The second-order valence-corrected chi connectivity index (χ2v) is 5.61. The van der Waals surface area contributed by atoms with Gasteiger partial charge in [0.2, 0.25) is 0 Å². The van der Waals surface area contributed by atoms with Crippen LogP contribution in [0.15, 0.2) is 18.2 Å². The molecule has 1 unspecified atom stereocenters. The van der Waals surface area contributed by atoms with E-state index in [9.17, 15) is 4.79 Å². The first-order valence-corrected chi connectivity index (χ1v) is 7.06. The third-order valence-corrected chi connectivity index (χ3v) is 3.96. The zero-order valence-electron chi connectivity index (χ0n) is 11.0. The predicted molar refractivity (Wildman–Crippen MR) is 86.3 cm³/mol. The second-order valence-electron chi connectivity index (χ2n) is 4.45. The van der Waals surface area contributed by atoms with Crippen molar-refractivity contribution in [1.82, 2.24) is 10.2 Å². The molecule has 1 fully saturated rings. The number of ether oxygens (including phenoxy) is 1. The maximum absolute atomic E-state index is 12.4. The summed E-state index contributed by atoms with van der Waals surface area (Å²) in [4.78, 5) is 14.3. The molecule has 0 radical (unpaired) electrons. The van der Waals surface area contributed by atoms with Crippen LogP contribution in [0, 0.1) is 3.57 Å². The molecule has 6 heteroatoms. The Hall–Kier alpha value is -0.530. The lowest BCUT2D eigenvalue weighted by Crippen LogP contribution is -2.51. The van der Waals surface area contributed by atoms with Gasteiger partial charge >= 0.3 is 0 Å². The molecule has 1 aliphatic rings. The van der Waals surface area contributed by atoms with Crippen LogP contribution in [-0.2, 0) is 0 Å². The van der Waals surface area contributed by atoms with Crippen LogP contribution in [0.4, 0.5) is 0 Å². The molecule has 0 saturated carbocycles. The molecule has 19 heavy (non-hydrogen) atoms. The Bertz CT molecular complexity index is 456. The third-order valence-electron chi connectivity index (χ3n) is 3.06. The number of carbonyl (C=O) groups excluding carboxylic acids is 1. The predicted octanol–water partition coefficient (Wildman–Crippen LogP) is 2.16. The van der Waals surface area contributed by atoms with Gasteiger partial charge in [-0.05, 0) is 47.7 Å². The molecule has 1 aliphatic heterocycles. The van der Waals surface area contributed by atoms with E-state index in [0.29, 0.717) is 6.04 Å². The molecule has 1 atom stereocenters. The minimum atomic E-state index is 0. The summed E-state index contributed by atoms with van der Waals surface area (Å²) in [5.41, 5.74) is 0.755. The van der Waals surface area contributed by atoms with Gasteiger partial charge in [-0.1, -0.05) is 0 Å². The average Bonchev–Trinajstić information content (AvgIpc) is 2.37. The quantitative estimate of drug-likeness (QED) is 0.779. The molecule has 0 spiro atoms. The number of hydrogen-bond donors (Lipinski definition) is 1. The standard InChI is InChI=1S/C13H17IN2O2.ClH/c1-9-8-16(6-5-15-9)13(17)11-4-3-10(18-2)7-12(11)14;/h3-4,7,9,15H,5-6,8H2,1-2H3;1H. The fourth-order valence-corrected chi connectivity index (χ4v) is 2.80. The van der Waals surface area contributed by atoms with E-state index in [1.165, 1.54) is 0 Å². The van der Waals surface area contributed by atoms with Crippen LogP contribution >= 0.6 is 35.0 Å². The highest BCUT2D eigenvalue weighted by Gasteiger charge is 2.23. The Morgan fingerprint density at radius 3 is 2.84 bits per heavy atom. The summed E-state index contributed by atoms with van der Waals surface area (Å²) in [6, 6.07) is 5.93. The number of rotatable bonds is 2. The van der Waals surface area contributed by atoms with E-state index in [1.54, 1.807) is 7.11 Å². The number of piperazine rings is 1. The highest BCUT2D eigenvalue weighted by molar-refractivity contribution is 14.1. The number of benzene rings is 1. The maximum atomic E-state index is 12.4. The number of methoxy groups -OCH3 is 1. The lowest BCUT2D eigenvalue weighted by molar-refractivity contribution is 0.0708. The molecule has 1 heterocycles. The molecule has 0 aromatic heterocycles. The van der Waals surface area contributed by atoms with Crippen molar-refractivity contribution in [3.05, 3.63) is 27.3 Å². The largest absolute Gasteiger partial charge is 0.497 e. The average molecular weight is 397 g/mol. The SMILES string of the molecule is COc1ccc(C(=O)N2CCNC(C)C2)c(I)c1.Cl. The number of halogens is 2. The van der Waals surface area contributed by atoms with Crippen LogP contribution in [0.2, 0.25) is 0 Å². The van der Waals surface area contributed by atoms with Crippen molar-refractivity contribution in [2.75, 3.05) is 26.7 Å². The van der Waals surface area contributed by atoms with Crippen molar-refractivity contribution < 1.29 is 9.53 Å². The number of carbonyl (C=O) groups is 1. The molecular weight excluding hydrogens is 379 g/mol. The molecule has 0 aliphatic carbocycles. The minimum Gasteiger partial charge on any atom is -0.497 e. The van der Waals surface area contributed by atoms with Crippen molar-refractivity contribution >= 4 is 40.9 Å². The smallest absolute Gasteiger partial charge is 0.255 e. The van der Waals surface area contributed by atoms with Crippen molar-refractivity contribution in [2.45, 2.75) is 13.0 Å².